The van der Waals surface area contributed by atoms with Crippen LogP contribution in [0.2, 0.25) is 0 Å². The number of hydrogen-bond acceptors (Lipinski definition) is 2. The van der Waals surface area contributed by atoms with Crippen molar-refractivity contribution in [1.82, 2.24) is 0 Å². The highest BCUT2D eigenvalue weighted by atomic mass is 19.3. The van der Waals surface area contributed by atoms with E-state index in [2.05, 4.69) is 11.3 Å². The highest BCUT2D eigenvalue weighted by Gasteiger charge is 2.14. The molecule has 0 aromatic heterocycles. The van der Waals surface area contributed by atoms with E-state index >= 15 is 4.39 Å². The van der Waals surface area contributed by atoms with E-state index < -0.39 is 35.6 Å². The molecule has 2 nitrogen and oxygen atoms in total. The standard InChI is InChI=1S/C30H24F6O2/c1-2-13-37-22-16-25(31)24(26(32)17-22)11-5-18-4-10-23-21(14-18)9-8-20(29(23)34)7-3-19-6-12-28(27(33)15-19)38-30(35)36/h2,4,6,8-10,12,14-17,30H,1,3,5,7,11,13H2. The van der Waals surface area contributed by atoms with Gasteiger partial charge in [0.1, 0.15) is 29.8 Å². The molecule has 0 aliphatic rings. The molecule has 0 spiro atoms. The van der Waals surface area contributed by atoms with Gasteiger partial charge in [-0.2, -0.15) is 8.78 Å². The van der Waals surface area contributed by atoms with Gasteiger partial charge in [-0.25, -0.2) is 17.6 Å². The summed E-state index contributed by atoms with van der Waals surface area (Å²) in [7, 11) is 0. The van der Waals surface area contributed by atoms with E-state index in [1.807, 2.05) is 0 Å². The molecule has 0 N–H and O–H groups in total. The number of ether oxygens (including phenoxy) is 2. The number of halogens is 6. The molecule has 4 aromatic carbocycles. The lowest BCUT2D eigenvalue weighted by Crippen LogP contribution is -2.04. The molecular formula is C30H24F6O2. The molecule has 0 amide bonds. The fraction of sp³-hybridized carbons (Fsp3) is 0.200. The first-order valence-corrected chi connectivity index (χ1v) is 11.9. The average Bonchev–Trinajstić information content (AvgIpc) is 2.88. The van der Waals surface area contributed by atoms with Crippen LogP contribution in [0.1, 0.15) is 22.3 Å². The smallest absolute Gasteiger partial charge is 0.387 e. The highest BCUT2D eigenvalue weighted by Crippen LogP contribution is 2.27. The number of fused-ring (bicyclic) bond motifs is 1. The predicted octanol–water partition coefficient (Wildman–Crippen LogP) is 8.13. The second kappa shape index (κ2) is 12.1. The maximum atomic E-state index is 15.2. The highest BCUT2D eigenvalue weighted by molar-refractivity contribution is 5.84. The summed E-state index contributed by atoms with van der Waals surface area (Å²) in [5, 5.41) is 1.02. The third kappa shape index (κ3) is 6.49. The Morgan fingerprint density at radius 2 is 1.42 bits per heavy atom. The van der Waals surface area contributed by atoms with E-state index in [0.29, 0.717) is 34.7 Å². The maximum absolute atomic E-state index is 15.2. The Bertz CT molecular complexity index is 1430. The average molecular weight is 531 g/mol. The molecule has 0 atom stereocenters. The Morgan fingerprint density at radius 3 is 2.11 bits per heavy atom. The molecule has 4 aromatic rings. The Labute approximate surface area is 216 Å². The Kier molecular flexibility index (Phi) is 8.61. The Morgan fingerprint density at radius 1 is 0.737 bits per heavy atom. The van der Waals surface area contributed by atoms with Crippen molar-refractivity contribution in [2.24, 2.45) is 0 Å². The molecule has 0 aliphatic carbocycles. The monoisotopic (exact) mass is 530 g/mol. The predicted molar refractivity (Wildman–Crippen MR) is 134 cm³/mol. The van der Waals surface area contributed by atoms with Gasteiger partial charge in [0.25, 0.3) is 0 Å². The van der Waals surface area contributed by atoms with E-state index in [-0.39, 0.29) is 30.8 Å². The molecular weight excluding hydrogens is 506 g/mol. The normalized spacial score (nSPS) is 11.2. The summed E-state index contributed by atoms with van der Waals surface area (Å²) < 4.78 is 91.9. The molecule has 0 saturated carbocycles. The van der Waals surface area contributed by atoms with Crippen LogP contribution in [-0.2, 0) is 25.7 Å². The van der Waals surface area contributed by atoms with Crippen LogP contribution in [-0.4, -0.2) is 13.2 Å². The first kappa shape index (κ1) is 27.1. The number of alkyl halides is 2. The van der Waals surface area contributed by atoms with Gasteiger partial charge < -0.3 is 9.47 Å². The minimum absolute atomic E-state index is 0.0529. The zero-order valence-corrected chi connectivity index (χ0v) is 20.3. The molecule has 0 unspecified atom stereocenters. The molecule has 4 rings (SSSR count). The second-order valence-corrected chi connectivity index (χ2v) is 8.70. The van der Waals surface area contributed by atoms with E-state index in [4.69, 9.17) is 4.74 Å². The van der Waals surface area contributed by atoms with Crippen molar-refractivity contribution in [2.45, 2.75) is 32.3 Å². The second-order valence-electron chi connectivity index (χ2n) is 8.70. The quantitative estimate of drug-likeness (QED) is 0.144. The first-order valence-electron chi connectivity index (χ1n) is 11.9. The molecule has 0 saturated heterocycles. The van der Waals surface area contributed by atoms with Crippen molar-refractivity contribution in [3.8, 4) is 11.5 Å². The van der Waals surface area contributed by atoms with Gasteiger partial charge in [-0.05, 0) is 59.9 Å². The van der Waals surface area contributed by atoms with Crippen LogP contribution >= 0.6 is 0 Å². The third-order valence-electron chi connectivity index (χ3n) is 6.14. The van der Waals surface area contributed by atoms with Gasteiger partial charge in [0.2, 0.25) is 0 Å². The van der Waals surface area contributed by atoms with Gasteiger partial charge in [0.15, 0.2) is 11.6 Å². The van der Waals surface area contributed by atoms with Crippen molar-refractivity contribution in [3.63, 3.8) is 0 Å². The van der Waals surface area contributed by atoms with Gasteiger partial charge in [-0.15, -0.1) is 0 Å². The summed E-state index contributed by atoms with van der Waals surface area (Å²) in [5.74, 6) is -3.18. The van der Waals surface area contributed by atoms with Gasteiger partial charge in [0.05, 0.1) is 0 Å². The minimum Gasteiger partial charge on any atom is -0.489 e. The summed E-state index contributed by atoms with van der Waals surface area (Å²) in [5.41, 5.74) is 1.67. The summed E-state index contributed by atoms with van der Waals surface area (Å²) in [4.78, 5) is 0. The number of aryl methyl sites for hydroxylation is 3. The van der Waals surface area contributed by atoms with Gasteiger partial charge in [0, 0.05) is 23.1 Å². The molecule has 0 aliphatic heterocycles. The van der Waals surface area contributed by atoms with Crippen molar-refractivity contribution < 1.29 is 35.8 Å². The van der Waals surface area contributed by atoms with Crippen LogP contribution < -0.4 is 9.47 Å². The Hall–Kier alpha value is -3.94. The summed E-state index contributed by atoms with van der Waals surface area (Å²) in [6.45, 7) is 0.507. The Balaban J connectivity index is 1.43. The van der Waals surface area contributed by atoms with Gasteiger partial charge >= 0.3 is 6.61 Å². The molecule has 0 radical (unpaired) electrons. The minimum atomic E-state index is -3.13. The van der Waals surface area contributed by atoms with Crippen LogP contribution in [0.5, 0.6) is 11.5 Å². The van der Waals surface area contributed by atoms with Crippen LogP contribution in [0.3, 0.4) is 0 Å². The lowest BCUT2D eigenvalue weighted by atomic mass is 9.97. The van der Waals surface area contributed by atoms with Gasteiger partial charge in [-0.1, -0.05) is 49.1 Å². The fourth-order valence-electron chi connectivity index (χ4n) is 4.23. The van der Waals surface area contributed by atoms with Crippen LogP contribution in [0.25, 0.3) is 10.8 Å². The van der Waals surface area contributed by atoms with E-state index in [1.165, 1.54) is 12.1 Å². The van der Waals surface area contributed by atoms with Crippen molar-refractivity contribution in [3.05, 3.63) is 119 Å². The number of rotatable bonds is 11. The number of hydrogen-bond donors (Lipinski definition) is 0. The molecule has 0 heterocycles. The van der Waals surface area contributed by atoms with E-state index in [1.54, 1.807) is 30.3 Å². The lowest BCUT2D eigenvalue weighted by Gasteiger charge is -2.11. The van der Waals surface area contributed by atoms with Crippen LogP contribution in [0, 0.1) is 23.3 Å². The van der Waals surface area contributed by atoms with Gasteiger partial charge in [-0.3, -0.25) is 0 Å². The molecule has 8 heteroatoms. The summed E-state index contributed by atoms with van der Waals surface area (Å²) in [6.07, 6.45) is 2.50. The van der Waals surface area contributed by atoms with Crippen molar-refractivity contribution >= 4 is 10.8 Å². The topological polar surface area (TPSA) is 18.5 Å². The van der Waals surface area contributed by atoms with E-state index in [9.17, 15) is 22.0 Å². The first-order chi connectivity index (χ1) is 18.2. The molecule has 0 bridgehead atoms. The van der Waals surface area contributed by atoms with Crippen LogP contribution in [0.4, 0.5) is 26.3 Å². The maximum Gasteiger partial charge on any atom is 0.387 e. The summed E-state index contributed by atoms with van der Waals surface area (Å²) in [6, 6.07) is 14.4. The fourth-order valence-corrected chi connectivity index (χ4v) is 4.23. The van der Waals surface area contributed by atoms with E-state index in [0.717, 1.165) is 29.8 Å². The van der Waals surface area contributed by atoms with Crippen molar-refractivity contribution in [2.75, 3.05) is 6.61 Å². The van der Waals surface area contributed by atoms with Crippen molar-refractivity contribution in [1.29, 1.82) is 0 Å². The third-order valence-corrected chi connectivity index (χ3v) is 6.14. The molecule has 38 heavy (non-hydrogen) atoms. The zero-order chi connectivity index (χ0) is 27.2. The summed E-state index contributed by atoms with van der Waals surface area (Å²) >= 11 is 0. The van der Waals surface area contributed by atoms with Crippen LogP contribution in [0.15, 0.2) is 73.3 Å². The SMILES string of the molecule is C=CCOc1cc(F)c(CCc2ccc3c(F)c(CCc4ccc(OC(F)F)c(F)c4)ccc3c2)c(F)c1. The molecule has 198 valence electrons. The lowest BCUT2D eigenvalue weighted by molar-refractivity contribution is -0.0522. The number of benzene rings is 4. The zero-order valence-electron chi connectivity index (χ0n) is 20.3. The molecule has 0 fully saturated rings. The largest absolute Gasteiger partial charge is 0.489 e.